The van der Waals surface area contributed by atoms with Crippen molar-refractivity contribution in [2.24, 2.45) is 0 Å². The number of benzene rings is 2. The van der Waals surface area contributed by atoms with Crippen LogP contribution in [-0.4, -0.2) is 38.9 Å². The van der Waals surface area contributed by atoms with Crippen molar-refractivity contribution in [1.82, 2.24) is 19.9 Å². The largest absolute Gasteiger partial charge is 0.345 e. The average molecular weight is 699 g/mol. The van der Waals surface area contributed by atoms with E-state index in [-0.39, 0.29) is 4.90 Å². The Bertz CT molecular complexity index is 1740. The van der Waals surface area contributed by atoms with Gasteiger partial charge in [0.05, 0.1) is 33.9 Å². The highest BCUT2D eigenvalue weighted by atomic mass is 35.5. The molecular weight excluding hydrogens is 659 g/mol. The van der Waals surface area contributed by atoms with Gasteiger partial charge in [-0.05, 0) is 58.9 Å². The fraction of sp³-hybridized carbons (Fsp3) is 0.265. The van der Waals surface area contributed by atoms with Crippen LogP contribution in [0.25, 0.3) is 0 Å². The van der Waals surface area contributed by atoms with Crippen molar-refractivity contribution in [3.63, 3.8) is 0 Å². The number of aryl methyl sites for hydroxylation is 2. The van der Waals surface area contributed by atoms with Crippen molar-refractivity contribution in [3.05, 3.63) is 89.5 Å². The van der Waals surface area contributed by atoms with E-state index in [1.54, 1.807) is 69.9 Å². The van der Waals surface area contributed by atoms with Crippen molar-refractivity contribution in [2.75, 3.05) is 10.6 Å². The number of para-hydroxylation sites is 2. The minimum Gasteiger partial charge on any atom is -0.345 e. The third kappa shape index (κ3) is 13.2. The first-order valence-corrected chi connectivity index (χ1v) is 17.1. The first-order valence-electron chi connectivity index (χ1n) is 13.9. The van der Waals surface area contributed by atoms with Gasteiger partial charge in [0.1, 0.15) is 21.7 Å². The summed E-state index contributed by atoms with van der Waals surface area (Å²) >= 11 is 14.0. The van der Waals surface area contributed by atoms with Gasteiger partial charge in [0, 0.05) is 10.1 Å². The zero-order valence-electron chi connectivity index (χ0n) is 27.0. The Morgan fingerprint density at radius 3 is 1.70 bits per heavy atom. The smallest absolute Gasteiger partial charge is 0.182 e. The Labute approximate surface area is 288 Å². The monoisotopic (exact) mass is 697 g/mol. The summed E-state index contributed by atoms with van der Waals surface area (Å²) < 4.78 is 24.8. The van der Waals surface area contributed by atoms with Gasteiger partial charge in [-0.15, -0.1) is 24.1 Å². The minimum absolute atomic E-state index is 0.229. The van der Waals surface area contributed by atoms with Crippen LogP contribution in [0.1, 0.15) is 46.3 Å². The molecule has 0 aliphatic rings. The predicted molar refractivity (Wildman–Crippen MR) is 195 cm³/mol. The average Bonchev–Trinajstić information content (AvgIpc) is 2.99. The van der Waals surface area contributed by atoms with Crippen molar-refractivity contribution >= 4 is 67.8 Å². The van der Waals surface area contributed by atoms with Gasteiger partial charge in [-0.3, -0.25) is 0 Å². The molecule has 0 aliphatic heterocycles. The number of sulfone groups is 1. The Kier molecular flexibility index (Phi) is 17.6. The molecule has 12 heteroatoms. The maximum atomic E-state index is 12.4. The molecule has 2 aromatic carbocycles. The molecule has 0 radical (unpaired) electrons. The van der Waals surface area contributed by atoms with E-state index in [2.05, 4.69) is 76.2 Å². The molecule has 4 rings (SSSR count). The molecule has 0 saturated heterocycles. The Morgan fingerprint density at radius 2 is 1.24 bits per heavy atom. The van der Waals surface area contributed by atoms with Crippen molar-refractivity contribution in [2.45, 2.75) is 68.8 Å². The molecule has 0 atom stereocenters. The zero-order chi connectivity index (χ0) is 34.9. The summed E-state index contributed by atoms with van der Waals surface area (Å²) in [6, 6.07) is 14.8. The molecule has 0 spiro atoms. The molecule has 46 heavy (non-hydrogen) atoms. The topological polar surface area (TPSA) is 110 Å². The number of halogens is 2. The summed E-state index contributed by atoms with van der Waals surface area (Å²) in [6.07, 6.45) is 12.2. The fourth-order valence-electron chi connectivity index (χ4n) is 3.34. The molecule has 0 aliphatic carbocycles. The molecule has 8 nitrogen and oxygen atoms in total. The van der Waals surface area contributed by atoms with Gasteiger partial charge in [-0.1, -0.05) is 61.3 Å². The maximum absolute atomic E-state index is 12.4. The lowest BCUT2D eigenvalue weighted by molar-refractivity contribution is 0.588. The molecule has 244 valence electrons. The van der Waals surface area contributed by atoms with Gasteiger partial charge in [-0.25, -0.2) is 28.4 Å². The second kappa shape index (κ2) is 20.2. The highest BCUT2D eigenvalue weighted by molar-refractivity contribution is 8.00. The van der Waals surface area contributed by atoms with Gasteiger partial charge in [0.25, 0.3) is 0 Å². The summed E-state index contributed by atoms with van der Waals surface area (Å²) in [5, 5.41) is 7.13. The van der Waals surface area contributed by atoms with Crippen LogP contribution in [0, 0.1) is 45.5 Å². The van der Waals surface area contributed by atoms with Gasteiger partial charge in [-0.2, -0.15) is 6.92 Å². The molecule has 2 heterocycles. The maximum Gasteiger partial charge on any atom is 0.182 e. The van der Waals surface area contributed by atoms with Crippen LogP contribution in [0.3, 0.4) is 0 Å². The van der Waals surface area contributed by atoms with Crippen molar-refractivity contribution < 1.29 is 8.42 Å². The molecule has 0 amide bonds. The van der Waals surface area contributed by atoms with Gasteiger partial charge >= 0.3 is 0 Å². The predicted octanol–water partition coefficient (Wildman–Crippen LogP) is 9.14. The number of thioether (sulfide) groups is 1. The van der Waals surface area contributed by atoms with E-state index in [0.29, 0.717) is 44.3 Å². The van der Waals surface area contributed by atoms with Crippen LogP contribution >= 0.6 is 35.0 Å². The Balaban J connectivity index is 0.000000394. The summed E-state index contributed by atoms with van der Waals surface area (Å²) in [7, 11) is -3.40. The van der Waals surface area contributed by atoms with Crippen LogP contribution in [0.5, 0.6) is 0 Å². The quantitative estimate of drug-likeness (QED) is 0.106. The molecule has 0 fully saturated rings. The first-order chi connectivity index (χ1) is 21.7. The van der Waals surface area contributed by atoms with Gasteiger partial charge in [0.15, 0.2) is 21.5 Å². The van der Waals surface area contributed by atoms with E-state index in [4.69, 9.17) is 23.2 Å². The van der Waals surface area contributed by atoms with Crippen LogP contribution < -0.4 is 10.6 Å². The third-order valence-electron chi connectivity index (χ3n) is 5.30. The normalized spacial score (nSPS) is 10.1. The molecule has 0 bridgehead atoms. The molecule has 0 saturated carbocycles. The van der Waals surface area contributed by atoms with Crippen molar-refractivity contribution in [3.8, 4) is 24.7 Å². The van der Waals surface area contributed by atoms with Gasteiger partial charge < -0.3 is 23.0 Å². The van der Waals surface area contributed by atoms with Crippen LogP contribution in [0.15, 0.2) is 70.7 Å². The highest BCUT2D eigenvalue weighted by Gasteiger charge is 2.23. The summed E-state index contributed by atoms with van der Waals surface area (Å²) in [5.74, 6) is 6.52. The van der Waals surface area contributed by atoms with Crippen LogP contribution in [0.4, 0.5) is 23.0 Å². The van der Waals surface area contributed by atoms with E-state index >= 15 is 0 Å². The lowest BCUT2D eigenvalue weighted by atomic mass is 10.3. The van der Waals surface area contributed by atoms with Crippen LogP contribution in [0.2, 0.25) is 10.0 Å². The summed E-state index contributed by atoms with van der Waals surface area (Å²) in [4.78, 5) is 18.0. The highest BCUT2D eigenvalue weighted by Crippen LogP contribution is 2.33. The van der Waals surface area contributed by atoms with E-state index in [0.717, 1.165) is 5.69 Å². The van der Waals surface area contributed by atoms with E-state index in [9.17, 15) is 8.42 Å². The zero-order valence-corrected chi connectivity index (χ0v) is 30.1. The minimum atomic E-state index is -3.40. The van der Waals surface area contributed by atoms with Crippen molar-refractivity contribution in [1.29, 1.82) is 0 Å². The lowest BCUT2D eigenvalue weighted by Gasteiger charge is -2.14. The molecule has 4 aromatic rings. The number of nitrogens with one attached hydrogen (secondary N) is 2. The van der Waals surface area contributed by atoms with E-state index in [1.807, 2.05) is 31.0 Å². The lowest BCUT2D eigenvalue weighted by Crippen LogP contribution is -2.15. The fourth-order valence-corrected chi connectivity index (χ4v) is 5.73. The SMILES string of the molecule is C#CC.C#C[CH2-].Cc1ncc(Cl)c(Nc2ccccc2S(=O)(=O)C(C)C)n1.Cc1ncc(Cl)c(Nc2ccccc2SC(C)C)n1. The Morgan fingerprint density at radius 1 is 0.826 bits per heavy atom. The number of hydrogen-bond donors (Lipinski definition) is 2. The summed E-state index contributed by atoms with van der Waals surface area (Å²) in [6.45, 7) is 15.9. The van der Waals surface area contributed by atoms with E-state index < -0.39 is 15.1 Å². The second-order valence-electron chi connectivity index (χ2n) is 9.72. The number of aromatic nitrogens is 4. The number of nitrogens with zero attached hydrogens (tertiary/aromatic N) is 4. The number of terminal acetylenes is 2. The van der Waals surface area contributed by atoms with E-state index in [1.165, 1.54) is 11.1 Å². The van der Waals surface area contributed by atoms with Crippen LogP contribution in [-0.2, 0) is 9.84 Å². The summed E-state index contributed by atoms with van der Waals surface area (Å²) in [5.41, 5.74) is 1.47. The first kappa shape index (κ1) is 40.1. The van der Waals surface area contributed by atoms with Gasteiger partial charge in [0.2, 0.25) is 0 Å². The molecular formula is C34H39Cl2N6O2S2-. The molecule has 0 unspecified atom stereocenters. The molecule has 2 aromatic heterocycles. The Hall–Kier alpha value is -3.93. The third-order valence-corrected chi connectivity index (χ3v) is 9.14. The standard InChI is InChI=1S/C14H16ClN3O2S.C14H16ClN3S.C3H4.C3H3/c1-9(2)21(19,20)13-7-5-4-6-12(13)18-14-11(15)8-16-10(3)17-14;1-9(2)19-13-7-5-4-6-12(13)18-14-11(15)8-16-10(3)17-14;2*1-3-2/h4-9H,1-3H3,(H,16,17,18);4-9H,1-3H3,(H,16,17,18);1H,2H3;1H,2H2/q;;;-1. The molecule has 2 N–H and O–H groups in total. The number of rotatable bonds is 8. The number of hydrogen-bond acceptors (Lipinski definition) is 9. The second-order valence-corrected chi connectivity index (χ2v) is 14.6. The number of anilines is 4.